The van der Waals surface area contributed by atoms with Crippen LogP contribution in [0.2, 0.25) is 0 Å². The molecule has 1 saturated heterocycles. The van der Waals surface area contributed by atoms with E-state index >= 15 is 0 Å². The summed E-state index contributed by atoms with van der Waals surface area (Å²) in [6, 6.07) is 1.47. The van der Waals surface area contributed by atoms with Crippen LogP contribution in [0.1, 0.15) is 27.2 Å². The highest BCUT2D eigenvalue weighted by atomic mass is 32.2. The Labute approximate surface area is 92.8 Å². The SMILES string of the molecule is CCSCC(C)N1CCNC(CC)C1. The second-order valence-electron chi connectivity index (χ2n) is 4.06. The normalized spacial score (nSPS) is 26.4. The van der Waals surface area contributed by atoms with E-state index in [-0.39, 0.29) is 0 Å². The molecule has 0 saturated carbocycles. The zero-order chi connectivity index (χ0) is 10.4. The molecule has 1 rings (SSSR count). The second-order valence-corrected chi connectivity index (χ2v) is 5.38. The van der Waals surface area contributed by atoms with E-state index in [1.54, 1.807) is 0 Å². The second kappa shape index (κ2) is 6.70. The number of piperazine rings is 1. The predicted molar refractivity (Wildman–Crippen MR) is 66.1 cm³/mol. The molecule has 1 heterocycles. The zero-order valence-electron chi connectivity index (χ0n) is 9.75. The van der Waals surface area contributed by atoms with Crippen molar-refractivity contribution in [2.45, 2.75) is 39.3 Å². The van der Waals surface area contributed by atoms with Crippen molar-refractivity contribution < 1.29 is 0 Å². The molecule has 2 atom stereocenters. The van der Waals surface area contributed by atoms with Gasteiger partial charge in [-0.2, -0.15) is 11.8 Å². The summed E-state index contributed by atoms with van der Waals surface area (Å²) in [5.74, 6) is 2.53. The Morgan fingerprint density at radius 1 is 1.50 bits per heavy atom. The molecule has 0 aromatic carbocycles. The van der Waals surface area contributed by atoms with Crippen LogP contribution in [0, 0.1) is 0 Å². The van der Waals surface area contributed by atoms with Gasteiger partial charge in [-0.25, -0.2) is 0 Å². The van der Waals surface area contributed by atoms with Crippen LogP contribution in [0.3, 0.4) is 0 Å². The largest absolute Gasteiger partial charge is 0.311 e. The average molecular weight is 216 g/mol. The summed E-state index contributed by atoms with van der Waals surface area (Å²) >= 11 is 2.06. The van der Waals surface area contributed by atoms with Gasteiger partial charge in [0, 0.05) is 37.5 Å². The van der Waals surface area contributed by atoms with Crippen LogP contribution in [-0.4, -0.2) is 48.1 Å². The van der Waals surface area contributed by atoms with Gasteiger partial charge in [-0.1, -0.05) is 13.8 Å². The molecule has 1 aliphatic rings. The van der Waals surface area contributed by atoms with E-state index in [1.165, 1.54) is 37.6 Å². The Hall–Kier alpha value is 0.270. The number of rotatable bonds is 5. The van der Waals surface area contributed by atoms with E-state index in [4.69, 9.17) is 0 Å². The van der Waals surface area contributed by atoms with Gasteiger partial charge in [-0.15, -0.1) is 0 Å². The molecule has 0 radical (unpaired) electrons. The van der Waals surface area contributed by atoms with Crippen LogP contribution in [0.4, 0.5) is 0 Å². The molecule has 1 aliphatic heterocycles. The summed E-state index contributed by atoms with van der Waals surface area (Å²) in [5, 5.41) is 3.56. The minimum Gasteiger partial charge on any atom is -0.311 e. The first-order valence-corrected chi connectivity index (χ1v) is 6.98. The molecule has 0 aliphatic carbocycles. The summed E-state index contributed by atoms with van der Waals surface area (Å²) in [7, 11) is 0. The van der Waals surface area contributed by atoms with E-state index in [2.05, 4.69) is 42.7 Å². The van der Waals surface area contributed by atoms with Crippen LogP contribution < -0.4 is 5.32 Å². The lowest BCUT2D eigenvalue weighted by molar-refractivity contribution is 0.162. The third kappa shape index (κ3) is 3.79. The third-order valence-electron chi connectivity index (χ3n) is 2.97. The molecule has 0 bridgehead atoms. The maximum Gasteiger partial charge on any atom is 0.0193 e. The van der Waals surface area contributed by atoms with E-state index in [0.717, 1.165) is 12.1 Å². The molecule has 0 spiro atoms. The first-order valence-electron chi connectivity index (χ1n) is 5.83. The number of nitrogens with zero attached hydrogens (tertiary/aromatic N) is 1. The van der Waals surface area contributed by atoms with Gasteiger partial charge in [-0.05, 0) is 19.1 Å². The Morgan fingerprint density at radius 3 is 2.93 bits per heavy atom. The molecule has 0 aromatic rings. The fraction of sp³-hybridized carbons (Fsp3) is 1.00. The highest BCUT2D eigenvalue weighted by Gasteiger charge is 2.21. The highest BCUT2D eigenvalue weighted by Crippen LogP contribution is 2.11. The molecule has 0 amide bonds. The number of hydrogen-bond donors (Lipinski definition) is 1. The van der Waals surface area contributed by atoms with Crippen LogP contribution in [-0.2, 0) is 0 Å². The van der Waals surface area contributed by atoms with Crippen LogP contribution >= 0.6 is 11.8 Å². The van der Waals surface area contributed by atoms with Crippen molar-refractivity contribution in [3.63, 3.8) is 0 Å². The van der Waals surface area contributed by atoms with E-state index in [9.17, 15) is 0 Å². The molecule has 14 heavy (non-hydrogen) atoms. The first-order chi connectivity index (χ1) is 6.77. The van der Waals surface area contributed by atoms with Gasteiger partial charge in [0.2, 0.25) is 0 Å². The van der Waals surface area contributed by atoms with Crippen molar-refractivity contribution in [3.8, 4) is 0 Å². The zero-order valence-corrected chi connectivity index (χ0v) is 10.6. The molecule has 3 heteroatoms. The monoisotopic (exact) mass is 216 g/mol. The van der Waals surface area contributed by atoms with Crippen LogP contribution in [0.5, 0.6) is 0 Å². The van der Waals surface area contributed by atoms with E-state index in [0.29, 0.717) is 0 Å². The van der Waals surface area contributed by atoms with Gasteiger partial charge in [0.25, 0.3) is 0 Å². The van der Waals surface area contributed by atoms with Crippen molar-refractivity contribution in [3.05, 3.63) is 0 Å². The predicted octanol–water partition coefficient (Wildman–Crippen LogP) is 1.81. The first kappa shape index (κ1) is 12.3. The molecular formula is C11H24N2S. The lowest BCUT2D eigenvalue weighted by Crippen LogP contribution is -2.53. The lowest BCUT2D eigenvalue weighted by Gasteiger charge is -2.37. The molecule has 2 unspecified atom stereocenters. The third-order valence-corrected chi connectivity index (χ3v) is 4.09. The number of hydrogen-bond acceptors (Lipinski definition) is 3. The van der Waals surface area contributed by atoms with Crippen molar-refractivity contribution in [2.75, 3.05) is 31.1 Å². The summed E-state index contributed by atoms with van der Waals surface area (Å²) in [4.78, 5) is 2.63. The van der Waals surface area contributed by atoms with E-state index < -0.39 is 0 Å². The molecule has 1 fully saturated rings. The smallest absolute Gasteiger partial charge is 0.0193 e. The number of thioether (sulfide) groups is 1. The summed E-state index contributed by atoms with van der Waals surface area (Å²) in [6.45, 7) is 10.5. The Kier molecular flexibility index (Phi) is 5.90. The molecule has 84 valence electrons. The molecule has 2 nitrogen and oxygen atoms in total. The lowest BCUT2D eigenvalue weighted by atomic mass is 10.1. The summed E-state index contributed by atoms with van der Waals surface area (Å²) < 4.78 is 0. The average Bonchev–Trinajstić information content (AvgIpc) is 2.26. The minimum atomic E-state index is 0.720. The Bertz CT molecular complexity index is 152. The Balaban J connectivity index is 2.27. The maximum atomic E-state index is 3.56. The van der Waals surface area contributed by atoms with Gasteiger partial charge in [0.05, 0.1) is 0 Å². The maximum absolute atomic E-state index is 3.56. The van der Waals surface area contributed by atoms with Gasteiger partial charge < -0.3 is 5.32 Å². The molecule has 1 N–H and O–H groups in total. The van der Waals surface area contributed by atoms with Gasteiger partial charge in [0.15, 0.2) is 0 Å². The number of nitrogens with one attached hydrogen (secondary N) is 1. The van der Waals surface area contributed by atoms with Crippen LogP contribution in [0.15, 0.2) is 0 Å². The van der Waals surface area contributed by atoms with Crippen LogP contribution in [0.25, 0.3) is 0 Å². The molecule has 0 aromatic heterocycles. The standard InChI is InChI=1S/C11H24N2S/c1-4-11-8-13(7-6-12-11)10(3)9-14-5-2/h10-12H,4-9H2,1-3H3. The highest BCUT2D eigenvalue weighted by molar-refractivity contribution is 7.99. The van der Waals surface area contributed by atoms with Crippen molar-refractivity contribution in [2.24, 2.45) is 0 Å². The summed E-state index contributed by atoms with van der Waals surface area (Å²) in [5.41, 5.74) is 0. The van der Waals surface area contributed by atoms with Crippen molar-refractivity contribution in [1.29, 1.82) is 0 Å². The fourth-order valence-electron chi connectivity index (χ4n) is 1.92. The van der Waals surface area contributed by atoms with Crippen molar-refractivity contribution >= 4 is 11.8 Å². The Morgan fingerprint density at radius 2 is 2.29 bits per heavy atom. The van der Waals surface area contributed by atoms with Gasteiger partial charge in [0.1, 0.15) is 0 Å². The molecular weight excluding hydrogens is 192 g/mol. The van der Waals surface area contributed by atoms with Crippen molar-refractivity contribution in [1.82, 2.24) is 10.2 Å². The fourth-order valence-corrected chi connectivity index (χ4v) is 2.71. The quantitative estimate of drug-likeness (QED) is 0.754. The minimum absolute atomic E-state index is 0.720. The topological polar surface area (TPSA) is 15.3 Å². The summed E-state index contributed by atoms with van der Waals surface area (Å²) in [6.07, 6.45) is 1.25. The van der Waals surface area contributed by atoms with E-state index in [1.807, 2.05) is 0 Å². The van der Waals surface area contributed by atoms with Gasteiger partial charge in [-0.3, -0.25) is 4.90 Å². The van der Waals surface area contributed by atoms with Gasteiger partial charge >= 0.3 is 0 Å².